The zero-order valence-corrected chi connectivity index (χ0v) is 18.3. The van der Waals surface area contributed by atoms with Crippen molar-refractivity contribution in [3.8, 4) is 5.75 Å². The lowest BCUT2D eigenvalue weighted by atomic mass is 10.1. The number of aliphatic hydroxyl groups excluding tert-OH is 2. The van der Waals surface area contributed by atoms with E-state index in [2.05, 4.69) is 4.98 Å². The molecule has 3 N–H and O–H groups in total. The number of H-pyrrole nitrogens is 1. The van der Waals surface area contributed by atoms with Gasteiger partial charge in [-0.05, 0) is 30.4 Å². The number of fused-ring (bicyclic) bond motifs is 1. The molecule has 1 aromatic carbocycles. The number of aliphatic hydroxyl groups is 2. The van der Waals surface area contributed by atoms with Gasteiger partial charge in [-0.1, -0.05) is 23.2 Å². The van der Waals surface area contributed by atoms with Crippen molar-refractivity contribution in [1.82, 2.24) is 9.55 Å². The fraction of sp³-hybridized carbons (Fsp3) is 0.375. The maximum atomic E-state index is 15.7. The predicted octanol–water partition coefficient (Wildman–Crippen LogP) is 2.86. The van der Waals surface area contributed by atoms with Crippen LogP contribution in [0.15, 0.2) is 29.2 Å². The topological polar surface area (TPSA) is 132 Å². The third kappa shape index (κ3) is 4.32. The number of hydrogen-bond donors (Lipinski definition) is 3. The van der Waals surface area contributed by atoms with Gasteiger partial charge in [0.15, 0.2) is 11.0 Å². The van der Waals surface area contributed by atoms with Gasteiger partial charge in [-0.3, -0.25) is 23.4 Å². The van der Waals surface area contributed by atoms with Crippen molar-refractivity contribution < 1.29 is 40.2 Å². The van der Waals surface area contributed by atoms with E-state index in [4.69, 9.17) is 56.5 Å². The molecule has 4 rings (SSSR count). The van der Waals surface area contributed by atoms with Crippen LogP contribution in [0.2, 0.25) is 10.0 Å². The summed E-state index contributed by atoms with van der Waals surface area (Å²) in [6.07, 6.45) is -5.61. The van der Waals surface area contributed by atoms with E-state index in [-0.39, 0.29) is 17.1 Å². The summed E-state index contributed by atoms with van der Waals surface area (Å²) in [5.74, 6) is -3.79. The van der Waals surface area contributed by atoms with Crippen LogP contribution in [0.3, 0.4) is 0 Å². The molecule has 5 atom stereocenters. The standard InChI is InChI=1S/C16H14Cl2FN2O8PS/c17-8-1-2-10-7(3-8)5-26-30(25,29-10)27-6-16(19)12(23)11(22)14(28-16)21-4-9(18)13(24)20-15(21)31/h1-4,11-12,14,22-23H,5-6H2,(H,20,24,31)/t11-,12+,14-,16-,30?/m1/s1/i6D2. The summed E-state index contributed by atoms with van der Waals surface area (Å²) < 4.78 is 64.8. The van der Waals surface area contributed by atoms with Gasteiger partial charge in [-0.25, -0.2) is 8.96 Å². The van der Waals surface area contributed by atoms with Crippen LogP contribution in [0.25, 0.3) is 0 Å². The van der Waals surface area contributed by atoms with Gasteiger partial charge in [-0.2, -0.15) is 0 Å². The number of aromatic amines is 1. The molecule has 31 heavy (non-hydrogen) atoms. The Hall–Kier alpha value is -1.34. The number of rotatable bonds is 4. The first-order valence-electron chi connectivity index (χ1n) is 9.43. The summed E-state index contributed by atoms with van der Waals surface area (Å²) in [6.45, 7) is -4.04. The zero-order valence-electron chi connectivity index (χ0n) is 17.0. The number of phosphoric acid groups is 1. The Bertz CT molecular complexity index is 1280. The van der Waals surface area contributed by atoms with Gasteiger partial charge in [0.2, 0.25) is 0 Å². The average molecular weight is 517 g/mol. The quantitative estimate of drug-likeness (QED) is 0.414. The van der Waals surface area contributed by atoms with E-state index in [1.54, 1.807) is 0 Å². The molecular weight excluding hydrogens is 501 g/mol. The molecule has 15 heteroatoms. The first kappa shape index (κ1) is 20.3. The molecule has 1 saturated heterocycles. The molecule has 2 aliphatic rings. The van der Waals surface area contributed by atoms with E-state index in [9.17, 15) is 19.6 Å². The number of nitrogens with one attached hydrogen (secondary N) is 1. The number of phosphoric ester groups is 1. The number of alkyl halides is 1. The molecule has 0 radical (unpaired) electrons. The lowest BCUT2D eigenvalue weighted by Gasteiger charge is -2.28. The monoisotopic (exact) mass is 516 g/mol. The van der Waals surface area contributed by atoms with E-state index in [1.807, 2.05) is 0 Å². The second-order valence-electron chi connectivity index (χ2n) is 6.49. The summed E-state index contributed by atoms with van der Waals surface area (Å²) in [6, 6.07) is 4.19. The van der Waals surface area contributed by atoms with E-state index in [0.29, 0.717) is 10.6 Å². The second-order valence-corrected chi connectivity index (χ2v) is 9.24. The number of hydrogen-bond acceptors (Lipinski definition) is 9. The van der Waals surface area contributed by atoms with Crippen molar-refractivity contribution in [2.75, 3.05) is 6.56 Å². The van der Waals surface area contributed by atoms with Crippen LogP contribution >= 0.6 is 43.2 Å². The van der Waals surface area contributed by atoms with Gasteiger partial charge in [0.1, 0.15) is 29.5 Å². The minimum atomic E-state index is -4.77. The molecule has 2 aromatic rings. The Morgan fingerprint density at radius 2 is 2.23 bits per heavy atom. The smallest absolute Gasteiger partial charge is 0.404 e. The molecule has 0 bridgehead atoms. The lowest BCUT2D eigenvalue weighted by Crippen LogP contribution is -2.43. The van der Waals surface area contributed by atoms with Crippen molar-refractivity contribution in [2.45, 2.75) is 30.9 Å². The maximum absolute atomic E-state index is 15.7. The fourth-order valence-corrected chi connectivity index (χ4v) is 4.55. The van der Waals surface area contributed by atoms with Crippen molar-refractivity contribution in [1.29, 1.82) is 0 Å². The van der Waals surface area contributed by atoms with Gasteiger partial charge >= 0.3 is 7.82 Å². The molecule has 1 aromatic heterocycles. The highest BCUT2D eigenvalue weighted by Gasteiger charge is 2.57. The second kappa shape index (κ2) is 8.22. The average Bonchev–Trinajstić information content (AvgIpc) is 2.96. The van der Waals surface area contributed by atoms with Gasteiger partial charge in [0.25, 0.3) is 11.4 Å². The van der Waals surface area contributed by atoms with Crippen LogP contribution < -0.4 is 10.1 Å². The van der Waals surface area contributed by atoms with Crippen molar-refractivity contribution in [3.05, 3.63) is 55.1 Å². The molecule has 1 unspecified atom stereocenters. The molecule has 3 heterocycles. The van der Waals surface area contributed by atoms with Gasteiger partial charge in [0, 0.05) is 16.8 Å². The lowest BCUT2D eigenvalue weighted by molar-refractivity contribution is -0.205. The van der Waals surface area contributed by atoms with Crippen molar-refractivity contribution in [2.24, 2.45) is 0 Å². The summed E-state index contributed by atoms with van der Waals surface area (Å²) in [7, 11) is -4.77. The normalized spacial score (nSPS) is 33.9. The Labute approximate surface area is 191 Å². The molecule has 0 spiro atoms. The highest BCUT2D eigenvalue weighted by Crippen LogP contribution is 2.56. The van der Waals surface area contributed by atoms with Crippen molar-refractivity contribution >= 4 is 43.2 Å². The third-order valence-electron chi connectivity index (χ3n) is 4.39. The molecular formula is C16H14Cl2FN2O8PS. The maximum Gasteiger partial charge on any atom is 0.530 e. The van der Waals surface area contributed by atoms with E-state index < -0.39 is 49.3 Å². The van der Waals surface area contributed by atoms with Crippen molar-refractivity contribution in [3.63, 3.8) is 0 Å². The largest absolute Gasteiger partial charge is 0.530 e. The van der Waals surface area contributed by atoms with Crippen LogP contribution in [0.4, 0.5) is 4.39 Å². The van der Waals surface area contributed by atoms with Gasteiger partial charge in [0.05, 0.1) is 9.35 Å². The highest BCUT2D eigenvalue weighted by molar-refractivity contribution is 7.71. The van der Waals surface area contributed by atoms with Crippen LogP contribution in [0, 0.1) is 4.77 Å². The minimum Gasteiger partial charge on any atom is -0.404 e. The molecule has 0 amide bonds. The highest BCUT2D eigenvalue weighted by atomic mass is 35.5. The van der Waals surface area contributed by atoms with E-state index >= 15 is 4.39 Å². The third-order valence-corrected chi connectivity index (χ3v) is 6.39. The van der Waals surface area contributed by atoms with Crippen LogP contribution in [-0.2, 0) is 25.0 Å². The summed E-state index contributed by atoms with van der Waals surface area (Å²) in [4.78, 5) is 13.7. The molecule has 2 aliphatic heterocycles. The van der Waals surface area contributed by atoms with Gasteiger partial charge < -0.3 is 19.5 Å². The molecule has 0 aliphatic carbocycles. The Kier molecular flexibility index (Phi) is 5.37. The first-order chi connectivity index (χ1) is 15.3. The predicted molar refractivity (Wildman–Crippen MR) is 107 cm³/mol. The number of nitrogens with zero attached hydrogens (tertiary/aromatic N) is 1. The molecule has 1 fully saturated rings. The summed E-state index contributed by atoms with van der Waals surface area (Å²) in [5, 5.41) is 20.6. The minimum absolute atomic E-state index is 0.00215. The summed E-state index contributed by atoms with van der Waals surface area (Å²) in [5.41, 5.74) is -0.396. The first-order valence-corrected chi connectivity index (χ1v) is 11.1. The Morgan fingerprint density at radius 3 is 2.97 bits per heavy atom. The fourth-order valence-electron chi connectivity index (χ4n) is 2.85. The van der Waals surface area contributed by atoms with Crippen LogP contribution in [0.5, 0.6) is 5.75 Å². The number of ether oxygens (including phenoxy) is 1. The zero-order chi connectivity index (χ0) is 24.3. The molecule has 168 valence electrons. The van der Waals surface area contributed by atoms with Crippen LogP contribution in [0.1, 0.15) is 14.5 Å². The van der Waals surface area contributed by atoms with E-state index in [1.165, 1.54) is 18.2 Å². The molecule has 0 saturated carbocycles. The Balaban J connectivity index is 1.63. The number of halogens is 3. The van der Waals surface area contributed by atoms with E-state index in [0.717, 1.165) is 10.8 Å². The van der Waals surface area contributed by atoms with Gasteiger partial charge in [-0.15, -0.1) is 0 Å². The number of benzene rings is 1. The summed E-state index contributed by atoms with van der Waals surface area (Å²) >= 11 is 16.5. The number of aromatic nitrogens is 2. The SMILES string of the molecule is [2H]C([2H])(OP1(=O)OCc2cc(Cl)ccc2O1)[C@@]1(F)O[C@@H](n2cc(Cl)c(=O)[nH]c2=S)[C@H](O)[C@@H]1O. The molecule has 10 nitrogen and oxygen atoms in total. The Morgan fingerprint density at radius 1 is 1.48 bits per heavy atom. The van der Waals surface area contributed by atoms with Crippen LogP contribution in [-0.4, -0.2) is 44.4 Å².